The lowest BCUT2D eigenvalue weighted by Crippen LogP contribution is -2.33. The smallest absolute Gasteiger partial charge is 0.276 e. The van der Waals surface area contributed by atoms with E-state index in [-0.39, 0.29) is 11.8 Å². The number of aromatic amines is 1. The minimum absolute atomic E-state index is 0.0322. The Morgan fingerprint density at radius 3 is 2.72 bits per heavy atom. The molecule has 0 bridgehead atoms. The van der Waals surface area contributed by atoms with Crippen molar-refractivity contribution >= 4 is 21.8 Å². The summed E-state index contributed by atoms with van der Waals surface area (Å²) < 4.78 is 6.79. The van der Waals surface area contributed by atoms with Crippen molar-refractivity contribution in [2.45, 2.75) is 64.5 Å². The van der Waals surface area contributed by atoms with Crippen LogP contribution in [0.4, 0.5) is 0 Å². The molecule has 0 aromatic carbocycles. The van der Waals surface area contributed by atoms with Crippen LogP contribution in [0.25, 0.3) is 0 Å². The molecule has 2 unspecified atom stereocenters. The van der Waals surface area contributed by atoms with Crippen molar-refractivity contribution in [3.8, 4) is 0 Å². The second-order valence-electron chi connectivity index (χ2n) is 7.74. The highest BCUT2D eigenvalue weighted by Gasteiger charge is 2.38. The van der Waals surface area contributed by atoms with Crippen LogP contribution in [0.2, 0.25) is 0 Å². The lowest BCUT2D eigenvalue weighted by molar-refractivity contribution is 0.0709. The first-order valence-corrected chi connectivity index (χ1v) is 9.88. The van der Waals surface area contributed by atoms with Crippen molar-refractivity contribution in [1.82, 2.24) is 15.1 Å². The van der Waals surface area contributed by atoms with Gasteiger partial charge in [-0.05, 0) is 59.2 Å². The van der Waals surface area contributed by atoms with Crippen LogP contribution in [0.3, 0.4) is 0 Å². The van der Waals surface area contributed by atoms with Crippen LogP contribution in [0.5, 0.6) is 0 Å². The molecule has 1 N–H and O–H groups in total. The Kier molecular flexibility index (Phi) is 4.26. The van der Waals surface area contributed by atoms with Gasteiger partial charge < -0.3 is 9.32 Å². The summed E-state index contributed by atoms with van der Waals surface area (Å²) in [5, 5.41) is 7.27. The summed E-state index contributed by atoms with van der Waals surface area (Å²) in [6.45, 7) is 6.91. The van der Waals surface area contributed by atoms with Crippen LogP contribution in [0, 0.1) is 5.92 Å². The van der Waals surface area contributed by atoms with Gasteiger partial charge in [0.15, 0.2) is 5.69 Å². The van der Waals surface area contributed by atoms with E-state index < -0.39 is 0 Å². The molecule has 0 saturated heterocycles. The fraction of sp³-hybridized carbons (Fsp3) is 0.579. The molecule has 2 heterocycles. The van der Waals surface area contributed by atoms with Crippen LogP contribution in [0.15, 0.2) is 21.0 Å². The van der Waals surface area contributed by atoms with Crippen molar-refractivity contribution in [3.05, 3.63) is 39.5 Å². The zero-order chi connectivity index (χ0) is 17.7. The molecule has 6 heteroatoms. The molecule has 2 saturated carbocycles. The van der Waals surface area contributed by atoms with Crippen LogP contribution in [-0.4, -0.2) is 27.0 Å². The molecule has 4 rings (SSSR count). The minimum atomic E-state index is -0.0322. The number of rotatable bonds is 6. The fourth-order valence-corrected chi connectivity index (χ4v) is 4.13. The number of carbonyl (C=O) groups excluding carboxylic acids is 1. The maximum atomic E-state index is 13.1. The minimum Gasteiger partial charge on any atom is -0.464 e. The zero-order valence-electron chi connectivity index (χ0n) is 14.9. The van der Waals surface area contributed by atoms with Crippen LogP contribution < -0.4 is 0 Å². The number of amides is 1. The third-order valence-electron chi connectivity index (χ3n) is 5.24. The molecule has 2 aromatic heterocycles. The highest BCUT2D eigenvalue weighted by atomic mass is 79.9. The van der Waals surface area contributed by atoms with E-state index in [1.807, 2.05) is 11.0 Å². The van der Waals surface area contributed by atoms with Crippen LogP contribution in [0.1, 0.15) is 79.6 Å². The molecule has 134 valence electrons. The molecule has 0 aliphatic heterocycles. The zero-order valence-corrected chi connectivity index (χ0v) is 16.5. The second-order valence-corrected chi connectivity index (χ2v) is 8.54. The topological polar surface area (TPSA) is 62.1 Å². The van der Waals surface area contributed by atoms with E-state index in [9.17, 15) is 4.79 Å². The van der Waals surface area contributed by atoms with Crippen molar-refractivity contribution < 1.29 is 9.21 Å². The maximum Gasteiger partial charge on any atom is 0.276 e. The second kappa shape index (κ2) is 6.31. The first-order chi connectivity index (χ1) is 12.0. The number of halogens is 1. The molecule has 0 radical (unpaired) electrons. The van der Waals surface area contributed by atoms with E-state index in [2.05, 4.69) is 53.0 Å². The summed E-state index contributed by atoms with van der Waals surface area (Å²) >= 11 is 3.55. The molecule has 2 aliphatic carbocycles. The van der Waals surface area contributed by atoms with Gasteiger partial charge in [-0.2, -0.15) is 5.10 Å². The summed E-state index contributed by atoms with van der Waals surface area (Å²) in [6.07, 6.45) is 3.31. The third kappa shape index (κ3) is 3.28. The molecule has 2 fully saturated rings. The number of aromatic nitrogens is 2. The largest absolute Gasteiger partial charge is 0.464 e. The predicted molar refractivity (Wildman–Crippen MR) is 98.5 cm³/mol. The van der Waals surface area contributed by atoms with Gasteiger partial charge in [0, 0.05) is 12.0 Å². The summed E-state index contributed by atoms with van der Waals surface area (Å²) in [4.78, 5) is 15.0. The van der Waals surface area contributed by atoms with Gasteiger partial charge in [0.05, 0.1) is 16.7 Å². The molecule has 2 atom stereocenters. The summed E-state index contributed by atoms with van der Waals surface area (Å²) in [5.41, 5.74) is 1.43. The molecular weight excluding hydrogens is 382 g/mol. The van der Waals surface area contributed by atoms with Crippen LogP contribution >= 0.6 is 15.9 Å². The van der Waals surface area contributed by atoms with Gasteiger partial charge in [0.25, 0.3) is 5.91 Å². The summed E-state index contributed by atoms with van der Waals surface area (Å²) in [6, 6.07) is 4.38. The number of nitrogens with one attached hydrogen (secondary N) is 1. The number of furan rings is 1. The number of carbonyl (C=O) groups is 1. The van der Waals surface area contributed by atoms with E-state index >= 15 is 0 Å². The Labute approximate surface area is 156 Å². The average molecular weight is 406 g/mol. The molecule has 2 aliphatic rings. The first kappa shape index (κ1) is 16.9. The van der Waals surface area contributed by atoms with Gasteiger partial charge in [-0.15, -0.1) is 0 Å². The van der Waals surface area contributed by atoms with Gasteiger partial charge in [0.1, 0.15) is 11.5 Å². The maximum absolute atomic E-state index is 13.1. The first-order valence-electron chi connectivity index (χ1n) is 9.09. The summed E-state index contributed by atoms with van der Waals surface area (Å²) in [5.74, 6) is 3.46. The fourth-order valence-electron chi connectivity index (χ4n) is 3.32. The van der Waals surface area contributed by atoms with Gasteiger partial charge in [0.2, 0.25) is 0 Å². The number of hydrogen-bond acceptors (Lipinski definition) is 3. The lowest BCUT2D eigenvalue weighted by atomic mass is 10.1. The molecule has 0 spiro atoms. The molecule has 1 amide bonds. The van der Waals surface area contributed by atoms with E-state index in [1.54, 1.807) is 0 Å². The van der Waals surface area contributed by atoms with Gasteiger partial charge >= 0.3 is 0 Å². The normalized spacial score (nSPS) is 22.4. The Hall–Kier alpha value is -1.56. The lowest BCUT2D eigenvalue weighted by Gasteiger charge is -2.20. The molecule has 25 heavy (non-hydrogen) atoms. The number of nitrogens with zero attached hydrogens (tertiary/aromatic N) is 2. The van der Waals surface area contributed by atoms with Gasteiger partial charge in [-0.25, -0.2) is 0 Å². The number of hydrogen-bond donors (Lipinski definition) is 1. The van der Waals surface area contributed by atoms with Crippen molar-refractivity contribution in [1.29, 1.82) is 0 Å². The highest BCUT2D eigenvalue weighted by molar-refractivity contribution is 9.10. The predicted octanol–water partition coefficient (Wildman–Crippen LogP) is 4.82. The van der Waals surface area contributed by atoms with Crippen molar-refractivity contribution in [3.63, 3.8) is 0 Å². The number of H-pyrrole nitrogens is 1. The van der Waals surface area contributed by atoms with Gasteiger partial charge in [-0.1, -0.05) is 20.8 Å². The molecular formula is C19H24BrN3O2. The Morgan fingerprint density at radius 1 is 1.44 bits per heavy atom. The third-order valence-corrected chi connectivity index (χ3v) is 6.05. The van der Waals surface area contributed by atoms with Crippen molar-refractivity contribution in [2.24, 2.45) is 5.92 Å². The Bertz CT molecular complexity index is 790. The van der Waals surface area contributed by atoms with E-state index in [0.29, 0.717) is 24.2 Å². The standard InChI is InChI=1S/C19H24BrN3O2/c1-10(2)17-16(20)18(22-21-17)19(24)23(12-4-5-12)9-13-6-7-15(25-13)14-8-11(14)3/h6-7,10-12,14H,4-5,8-9H2,1-3H3,(H,21,22). The van der Waals surface area contributed by atoms with Gasteiger partial charge in [-0.3, -0.25) is 9.89 Å². The Morgan fingerprint density at radius 2 is 2.16 bits per heavy atom. The highest BCUT2D eigenvalue weighted by Crippen LogP contribution is 2.47. The quantitative estimate of drug-likeness (QED) is 0.749. The monoisotopic (exact) mass is 405 g/mol. The molecule has 5 nitrogen and oxygen atoms in total. The van der Waals surface area contributed by atoms with E-state index in [4.69, 9.17) is 4.42 Å². The molecule has 2 aromatic rings. The van der Waals surface area contributed by atoms with E-state index in [0.717, 1.165) is 40.4 Å². The Balaban J connectivity index is 1.53. The SMILES string of the molecule is CC(C)c1[nH]nc(C(=O)N(Cc2ccc(C3CC3C)o2)C2CC2)c1Br. The van der Waals surface area contributed by atoms with Crippen LogP contribution in [-0.2, 0) is 6.54 Å². The van der Waals surface area contributed by atoms with Crippen molar-refractivity contribution in [2.75, 3.05) is 0 Å². The average Bonchev–Trinajstić information content (AvgIpc) is 3.45. The van der Waals surface area contributed by atoms with E-state index in [1.165, 1.54) is 6.42 Å². The summed E-state index contributed by atoms with van der Waals surface area (Å²) in [7, 11) is 0.